The van der Waals surface area contributed by atoms with Crippen LogP contribution in [0.2, 0.25) is 0 Å². The van der Waals surface area contributed by atoms with Crippen molar-refractivity contribution >= 4 is 55.6 Å². The van der Waals surface area contributed by atoms with Crippen LogP contribution in [0.5, 0.6) is 0 Å². The normalized spacial score (nSPS) is 11.9. The third-order valence-electron chi connectivity index (χ3n) is 4.75. The molecular weight excluding hydrogens is 507 g/mol. The van der Waals surface area contributed by atoms with Crippen molar-refractivity contribution in [2.75, 3.05) is 6.61 Å². The summed E-state index contributed by atoms with van der Waals surface area (Å²) in [5, 5.41) is 8.80. The van der Waals surface area contributed by atoms with Gasteiger partial charge in [0.15, 0.2) is 6.61 Å². The number of ether oxygens (including phenoxy) is 2. The van der Waals surface area contributed by atoms with Crippen LogP contribution in [-0.2, 0) is 38.2 Å². The van der Waals surface area contributed by atoms with Crippen molar-refractivity contribution in [3.05, 3.63) is 55.6 Å². The predicted molar refractivity (Wildman–Crippen MR) is 123 cm³/mol. The van der Waals surface area contributed by atoms with E-state index in [2.05, 4.69) is 10.1 Å². The van der Waals surface area contributed by atoms with Gasteiger partial charge in [-0.15, -0.1) is 11.3 Å². The van der Waals surface area contributed by atoms with Crippen molar-refractivity contribution in [1.82, 2.24) is 14.8 Å². The van der Waals surface area contributed by atoms with Gasteiger partial charge in [-0.2, -0.15) is 29.6 Å². The van der Waals surface area contributed by atoms with Crippen LogP contribution in [0.1, 0.15) is 30.1 Å². The van der Waals surface area contributed by atoms with Crippen LogP contribution in [-0.4, -0.2) is 39.4 Å². The average molecular weight is 526 g/mol. The van der Waals surface area contributed by atoms with Gasteiger partial charge in [-0.1, -0.05) is 0 Å². The van der Waals surface area contributed by atoms with Gasteiger partial charge in [0.2, 0.25) is 0 Å². The molecule has 0 N–H and O–H groups in total. The molecule has 0 unspecified atom stereocenters. The molecule has 0 saturated heterocycles. The van der Waals surface area contributed by atoms with E-state index in [-0.39, 0.29) is 30.3 Å². The van der Waals surface area contributed by atoms with E-state index in [0.717, 1.165) is 28.2 Å². The van der Waals surface area contributed by atoms with E-state index in [1.54, 1.807) is 24.6 Å². The van der Waals surface area contributed by atoms with Crippen LogP contribution < -0.4 is 5.56 Å². The first kappa shape index (κ1) is 24.8. The Morgan fingerprint density at radius 1 is 1.14 bits per heavy atom. The second-order valence-corrected chi connectivity index (χ2v) is 9.63. The molecule has 3 heterocycles. The van der Waals surface area contributed by atoms with E-state index >= 15 is 0 Å². The number of hydrogen-bond acceptors (Lipinski definition) is 9. The fourth-order valence-corrected chi connectivity index (χ4v) is 5.04. The van der Waals surface area contributed by atoms with E-state index in [1.165, 1.54) is 17.4 Å². The number of nitrogens with zero attached hydrogens (tertiary/aromatic N) is 3. The van der Waals surface area contributed by atoms with Crippen molar-refractivity contribution < 1.29 is 32.2 Å². The lowest BCUT2D eigenvalue weighted by Crippen LogP contribution is -2.26. The second-order valence-electron chi connectivity index (χ2n) is 7.77. The number of esters is 2. The number of aromatic nitrogens is 3. The van der Waals surface area contributed by atoms with Crippen LogP contribution in [0, 0.1) is 0 Å². The van der Waals surface area contributed by atoms with Gasteiger partial charge in [0.05, 0.1) is 45.9 Å². The SMILES string of the molecule is CC(C)OC(=O)COC(=O)Cc1nn(Cc2nc3cc(C(F)(F)F)ccc3s2)c(=O)c2cscc12. The lowest BCUT2D eigenvalue weighted by Gasteiger charge is -2.10. The Hall–Kier alpha value is -3.32. The van der Waals surface area contributed by atoms with Crippen LogP contribution in [0.4, 0.5) is 13.2 Å². The summed E-state index contributed by atoms with van der Waals surface area (Å²) < 4.78 is 50.5. The van der Waals surface area contributed by atoms with Crippen molar-refractivity contribution in [3.63, 3.8) is 0 Å². The van der Waals surface area contributed by atoms with E-state index in [9.17, 15) is 27.6 Å². The van der Waals surface area contributed by atoms with Gasteiger partial charge in [-0.05, 0) is 32.0 Å². The molecule has 0 bridgehead atoms. The summed E-state index contributed by atoms with van der Waals surface area (Å²) in [6.07, 6.45) is -5.13. The number of thiophene rings is 1. The van der Waals surface area contributed by atoms with Gasteiger partial charge >= 0.3 is 18.1 Å². The fourth-order valence-electron chi connectivity index (χ4n) is 3.28. The number of alkyl halides is 3. The summed E-state index contributed by atoms with van der Waals surface area (Å²) in [6, 6.07) is 3.27. The zero-order valence-corrected chi connectivity index (χ0v) is 20.1. The van der Waals surface area contributed by atoms with Gasteiger partial charge in [0.25, 0.3) is 5.56 Å². The standard InChI is InChI=1S/C22H18F3N3O5S2/c1-11(2)33-20(30)8-32-19(29)6-15-13-9-34-10-14(13)21(31)28(27-15)7-18-26-16-5-12(22(23,24)25)3-4-17(16)35-18/h3-5,9-11H,6-8H2,1-2H3. The highest BCUT2D eigenvalue weighted by Crippen LogP contribution is 2.33. The Kier molecular flexibility index (Phi) is 6.90. The number of fused-ring (bicyclic) bond motifs is 2. The number of hydrogen-bond donors (Lipinski definition) is 0. The molecule has 0 fully saturated rings. The summed E-state index contributed by atoms with van der Waals surface area (Å²) in [4.78, 5) is 41.0. The molecule has 0 aliphatic heterocycles. The van der Waals surface area contributed by atoms with E-state index in [1.807, 2.05) is 0 Å². The van der Waals surface area contributed by atoms with Crippen molar-refractivity contribution in [2.24, 2.45) is 0 Å². The molecule has 8 nitrogen and oxygen atoms in total. The Labute approximate surface area is 203 Å². The molecule has 0 atom stereocenters. The highest BCUT2D eigenvalue weighted by atomic mass is 32.1. The molecule has 1 aromatic carbocycles. The smallest absolute Gasteiger partial charge is 0.416 e. The van der Waals surface area contributed by atoms with Crippen molar-refractivity contribution in [3.8, 4) is 0 Å². The Bertz CT molecular complexity index is 1470. The number of halogens is 3. The average Bonchev–Trinajstić information content (AvgIpc) is 3.41. The van der Waals surface area contributed by atoms with E-state index in [0.29, 0.717) is 20.5 Å². The lowest BCUT2D eigenvalue weighted by molar-refractivity contribution is -0.160. The number of benzene rings is 1. The first-order valence-electron chi connectivity index (χ1n) is 10.3. The number of carbonyl (C=O) groups excluding carboxylic acids is 2. The summed E-state index contributed by atoms with van der Waals surface area (Å²) >= 11 is 2.40. The van der Waals surface area contributed by atoms with Crippen LogP contribution >= 0.6 is 22.7 Å². The molecule has 0 aliphatic rings. The molecule has 184 valence electrons. The second kappa shape index (κ2) is 9.74. The van der Waals surface area contributed by atoms with Crippen LogP contribution in [0.15, 0.2) is 33.8 Å². The van der Waals surface area contributed by atoms with E-state index in [4.69, 9.17) is 9.47 Å². The molecular formula is C22H18F3N3O5S2. The Balaban J connectivity index is 1.58. The number of carbonyl (C=O) groups is 2. The minimum atomic E-state index is -4.49. The maximum Gasteiger partial charge on any atom is 0.416 e. The first-order chi connectivity index (χ1) is 16.5. The fraction of sp³-hybridized carbons (Fsp3) is 0.318. The molecule has 35 heavy (non-hydrogen) atoms. The molecule has 4 rings (SSSR count). The number of rotatable bonds is 7. The van der Waals surface area contributed by atoms with Crippen LogP contribution in [0.25, 0.3) is 21.0 Å². The minimum absolute atomic E-state index is 0.0892. The summed E-state index contributed by atoms with van der Waals surface area (Å²) in [7, 11) is 0. The Morgan fingerprint density at radius 3 is 2.60 bits per heavy atom. The van der Waals surface area contributed by atoms with Crippen LogP contribution in [0.3, 0.4) is 0 Å². The van der Waals surface area contributed by atoms with E-state index < -0.39 is 35.8 Å². The maximum atomic E-state index is 13.0. The monoisotopic (exact) mass is 525 g/mol. The third kappa shape index (κ3) is 5.68. The highest BCUT2D eigenvalue weighted by molar-refractivity contribution is 7.18. The first-order valence-corrected chi connectivity index (χ1v) is 12.0. The molecule has 0 aliphatic carbocycles. The predicted octanol–water partition coefficient (Wildman–Crippen LogP) is 4.17. The largest absolute Gasteiger partial charge is 0.460 e. The molecule has 0 radical (unpaired) electrons. The number of thiazole rings is 1. The van der Waals surface area contributed by atoms with Crippen molar-refractivity contribution in [2.45, 2.75) is 39.1 Å². The summed E-state index contributed by atoms with van der Waals surface area (Å²) in [6.45, 7) is 2.70. The van der Waals surface area contributed by atoms with Gasteiger partial charge in [0.1, 0.15) is 5.01 Å². The van der Waals surface area contributed by atoms with Gasteiger partial charge < -0.3 is 9.47 Å². The van der Waals surface area contributed by atoms with Gasteiger partial charge in [-0.25, -0.2) is 14.5 Å². The summed E-state index contributed by atoms with van der Waals surface area (Å²) in [5.74, 6) is -1.41. The minimum Gasteiger partial charge on any atom is -0.460 e. The lowest BCUT2D eigenvalue weighted by atomic mass is 10.2. The molecule has 0 amide bonds. The Morgan fingerprint density at radius 2 is 1.89 bits per heavy atom. The molecule has 0 spiro atoms. The molecule has 3 aromatic heterocycles. The van der Waals surface area contributed by atoms with Crippen molar-refractivity contribution in [1.29, 1.82) is 0 Å². The summed E-state index contributed by atoms with van der Waals surface area (Å²) in [5.41, 5.74) is -0.797. The zero-order valence-electron chi connectivity index (χ0n) is 18.4. The maximum absolute atomic E-state index is 13.0. The topological polar surface area (TPSA) is 100 Å². The molecule has 4 aromatic rings. The molecule has 0 saturated carbocycles. The zero-order chi connectivity index (χ0) is 25.3. The third-order valence-corrected chi connectivity index (χ3v) is 6.52. The quantitative estimate of drug-likeness (QED) is 0.334. The van der Waals surface area contributed by atoms with Gasteiger partial charge in [-0.3, -0.25) is 9.59 Å². The van der Waals surface area contributed by atoms with Gasteiger partial charge in [0, 0.05) is 16.1 Å². The highest BCUT2D eigenvalue weighted by Gasteiger charge is 2.30. The molecule has 13 heteroatoms.